The van der Waals surface area contributed by atoms with E-state index in [1.807, 2.05) is 11.8 Å². The first kappa shape index (κ1) is 14.0. The van der Waals surface area contributed by atoms with Crippen LogP contribution in [0, 0.1) is 0 Å². The summed E-state index contributed by atoms with van der Waals surface area (Å²) in [7, 11) is 0. The van der Waals surface area contributed by atoms with Crippen LogP contribution in [-0.2, 0) is 0 Å². The van der Waals surface area contributed by atoms with Crippen LogP contribution in [0.3, 0.4) is 0 Å². The van der Waals surface area contributed by atoms with Gasteiger partial charge in [0.2, 0.25) is 5.76 Å². The van der Waals surface area contributed by atoms with Gasteiger partial charge in [-0.15, -0.1) is 0 Å². The molecule has 0 bridgehead atoms. The standard InChI is InChI=1S/C13H17NO4S/c1-19-9-4-2-3-8(7-9)14-12(15)10-5-6-11(18-10)13(16)17/h5-6,8-9H,2-4,7H2,1H3,(H,14,15)(H,16,17)/t8-,9-/m1/s1. The number of thioether (sulfide) groups is 1. The van der Waals surface area contributed by atoms with E-state index in [0.717, 1.165) is 19.3 Å². The maximum atomic E-state index is 11.9. The van der Waals surface area contributed by atoms with E-state index in [1.165, 1.54) is 18.6 Å². The molecular formula is C13H17NO4S. The number of furan rings is 1. The molecule has 2 rings (SSSR count). The van der Waals surface area contributed by atoms with E-state index < -0.39 is 5.97 Å². The Kier molecular flexibility index (Phi) is 4.52. The zero-order chi connectivity index (χ0) is 13.8. The van der Waals surface area contributed by atoms with Crippen molar-refractivity contribution in [2.75, 3.05) is 6.26 Å². The van der Waals surface area contributed by atoms with Gasteiger partial charge in [0.15, 0.2) is 5.76 Å². The summed E-state index contributed by atoms with van der Waals surface area (Å²) >= 11 is 1.83. The molecule has 1 aliphatic carbocycles. The fraction of sp³-hybridized carbons (Fsp3) is 0.538. The Morgan fingerprint density at radius 2 is 2.11 bits per heavy atom. The summed E-state index contributed by atoms with van der Waals surface area (Å²) in [6.45, 7) is 0. The molecule has 1 fully saturated rings. The number of carboxylic acid groups (broad SMARTS) is 1. The van der Waals surface area contributed by atoms with Crippen molar-refractivity contribution in [1.82, 2.24) is 5.32 Å². The lowest BCUT2D eigenvalue weighted by atomic mass is 9.95. The van der Waals surface area contributed by atoms with Gasteiger partial charge < -0.3 is 14.8 Å². The predicted octanol–water partition coefficient (Wildman–Crippen LogP) is 2.38. The number of hydrogen-bond donors (Lipinski definition) is 2. The zero-order valence-electron chi connectivity index (χ0n) is 10.7. The van der Waals surface area contributed by atoms with Crippen LogP contribution in [-0.4, -0.2) is 34.5 Å². The molecular weight excluding hydrogens is 266 g/mol. The topological polar surface area (TPSA) is 79.5 Å². The van der Waals surface area contributed by atoms with E-state index >= 15 is 0 Å². The zero-order valence-corrected chi connectivity index (χ0v) is 11.5. The number of amides is 1. The number of nitrogens with one attached hydrogen (secondary N) is 1. The van der Waals surface area contributed by atoms with Crippen molar-refractivity contribution in [2.45, 2.75) is 37.0 Å². The predicted molar refractivity (Wildman–Crippen MR) is 72.7 cm³/mol. The summed E-state index contributed by atoms with van der Waals surface area (Å²) in [6.07, 6.45) is 6.31. The van der Waals surface area contributed by atoms with E-state index in [-0.39, 0.29) is 23.5 Å². The molecule has 2 N–H and O–H groups in total. The summed E-state index contributed by atoms with van der Waals surface area (Å²) in [5, 5.41) is 12.2. The molecule has 1 aliphatic rings. The first-order chi connectivity index (χ1) is 9.10. The summed E-state index contributed by atoms with van der Waals surface area (Å²) in [5.41, 5.74) is 0. The van der Waals surface area contributed by atoms with E-state index in [9.17, 15) is 9.59 Å². The third-order valence-corrected chi connectivity index (χ3v) is 4.43. The number of aromatic carboxylic acids is 1. The summed E-state index contributed by atoms with van der Waals surface area (Å²) in [6, 6.07) is 2.84. The van der Waals surface area contributed by atoms with Gasteiger partial charge in [-0.05, 0) is 37.7 Å². The van der Waals surface area contributed by atoms with Gasteiger partial charge in [0, 0.05) is 11.3 Å². The second-order valence-corrected chi connectivity index (χ2v) is 5.80. The first-order valence-electron chi connectivity index (χ1n) is 6.27. The van der Waals surface area contributed by atoms with Crippen molar-refractivity contribution in [3.8, 4) is 0 Å². The molecule has 0 saturated heterocycles. The van der Waals surface area contributed by atoms with E-state index in [2.05, 4.69) is 11.6 Å². The summed E-state index contributed by atoms with van der Waals surface area (Å²) < 4.78 is 4.98. The fourth-order valence-corrected chi connectivity index (χ4v) is 3.15. The third-order valence-electron chi connectivity index (χ3n) is 3.34. The third kappa shape index (κ3) is 3.53. The van der Waals surface area contributed by atoms with Crippen molar-refractivity contribution in [2.24, 2.45) is 0 Å². The molecule has 0 aromatic carbocycles. The molecule has 0 spiro atoms. The highest BCUT2D eigenvalue weighted by molar-refractivity contribution is 7.99. The maximum absolute atomic E-state index is 11.9. The van der Waals surface area contributed by atoms with Gasteiger partial charge in [0.1, 0.15) is 0 Å². The Labute approximate surface area is 115 Å². The number of hydrogen-bond acceptors (Lipinski definition) is 4. The molecule has 1 amide bonds. The molecule has 1 heterocycles. The Balaban J connectivity index is 1.94. The van der Waals surface area contributed by atoms with Crippen LogP contribution in [0.4, 0.5) is 0 Å². The molecule has 0 radical (unpaired) electrons. The highest BCUT2D eigenvalue weighted by atomic mass is 32.2. The number of carboxylic acids is 1. The molecule has 0 unspecified atom stereocenters. The van der Waals surface area contributed by atoms with Gasteiger partial charge in [-0.1, -0.05) is 6.42 Å². The second-order valence-electron chi connectivity index (χ2n) is 4.66. The lowest BCUT2D eigenvalue weighted by Gasteiger charge is -2.28. The second kappa shape index (κ2) is 6.14. The van der Waals surface area contributed by atoms with Crippen molar-refractivity contribution < 1.29 is 19.1 Å². The van der Waals surface area contributed by atoms with Gasteiger partial charge in [-0.3, -0.25) is 4.79 Å². The average molecular weight is 283 g/mol. The van der Waals surface area contributed by atoms with Crippen LogP contribution < -0.4 is 5.32 Å². The minimum absolute atomic E-state index is 0.0590. The van der Waals surface area contributed by atoms with E-state index in [1.54, 1.807) is 0 Å². The number of carbonyl (C=O) groups is 2. The van der Waals surface area contributed by atoms with Crippen LogP contribution in [0.25, 0.3) is 0 Å². The summed E-state index contributed by atoms with van der Waals surface area (Å²) in [5.74, 6) is -1.65. The van der Waals surface area contributed by atoms with Gasteiger partial charge >= 0.3 is 5.97 Å². The maximum Gasteiger partial charge on any atom is 0.371 e. The largest absolute Gasteiger partial charge is 0.475 e. The fourth-order valence-electron chi connectivity index (χ4n) is 2.32. The Morgan fingerprint density at radius 1 is 1.37 bits per heavy atom. The Bertz CT molecular complexity index is 471. The highest BCUT2D eigenvalue weighted by Gasteiger charge is 2.24. The molecule has 5 nitrogen and oxygen atoms in total. The molecule has 1 aromatic rings. The molecule has 104 valence electrons. The van der Waals surface area contributed by atoms with Crippen LogP contribution >= 0.6 is 11.8 Å². The number of carbonyl (C=O) groups excluding carboxylic acids is 1. The van der Waals surface area contributed by atoms with Gasteiger partial charge in [-0.2, -0.15) is 11.8 Å². The molecule has 2 atom stereocenters. The van der Waals surface area contributed by atoms with Crippen molar-refractivity contribution >= 4 is 23.6 Å². The molecule has 1 aromatic heterocycles. The monoisotopic (exact) mass is 283 g/mol. The van der Waals surface area contributed by atoms with Crippen LogP contribution in [0.1, 0.15) is 46.8 Å². The first-order valence-corrected chi connectivity index (χ1v) is 7.55. The minimum atomic E-state index is -1.17. The van der Waals surface area contributed by atoms with Crippen molar-refractivity contribution in [3.63, 3.8) is 0 Å². The SMILES string of the molecule is CS[C@@H]1CCC[C@@H](NC(=O)c2ccc(C(=O)O)o2)C1. The van der Waals surface area contributed by atoms with Crippen molar-refractivity contribution in [3.05, 3.63) is 23.7 Å². The lowest BCUT2D eigenvalue weighted by Crippen LogP contribution is -2.38. The number of rotatable bonds is 4. The summed E-state index contributed by atoms with van der Waals surface area (Å²) in [4.78, 5) is 22.6. The quantitative estimate of drug-likeness (QED) is 0.887. The molecule has 19 heavy (non-hydrogen) atoms. The van der Waals surface area contributed by atoms with Gasteiger partial charge in [0.25, 0.3) is 5.91 Å². The van der Waals surface area contributed by atoms with Crippen LogP contribution in [0.5, 0.6) is 0 Å². The van der Waals surface area contributed by atoms with E-state index in [0.29, 0.717) is 5.25 Å². The highest BCUT2D eigenvalue weighted by Crippen LogP contribution is 2.27. The van der Waals surface area contributed by atoms with Crippen molar-refractivity contribution in [1.29, 1.82) is 0 Å². The van der Waals surface area contributed by atoms with Crippen LogP contribution in [0.2, 0.25) is 0 Å². The minimum Gasteiger partial charge on any atom is -0.475 e. The van der Waals surface area contributed by atoms with Crippen LogP contribution in [0.15, 0.2) is 16.5 Å². The smallest absolute Gasteiger partial charge is 0.371 e. The normalized spacial score (nSPS) is 23.0. The van der Waals surface area contributed by atoms with Gasteiger partial charge in [0.05, 0.1) is 0 Å². The lowest BCUT2D eigenvalue weighted by molar-refractivity contribution is 0.0659. The molecule has 1 saturated carbocycles. The molecule has 6 heteroatoms. The average Bonchev–Trinajstić information content (AvgIpc) is 2.89. The van der Waals surface area contributed by atoms with Gasteiger partial charge in [-0.25, -0.2) is 4.79 Å². The molecule has 0 aliphatic heterocycles. The Morgan fingerprint density at radius 3 is 2.74 bits per heavy atom. The van der Waals surface area contributed by atoms with E-state index in [4.69, 9.17) is 9.52 Å². The Hall–Kier alpha value is -1.43.